The summed E-state index contributed by atoms with van der Waals surface area (Å²) in [5, 5.41) is 0. The molecule has 0 fully saturated rings. The molecular formula is C12H21N3. The van der Waals surface area contributed by atoms with Crippen molar-refractivity contribution in [3.8, 4) is 0 Å². The molecule has 0 unspecified atom stereocenters. The van der Waals surface area contributed by atoms with Gasteiger partial charge in [0.05, 0.1) is 0 Å². The van der Waals surface area contributed by atoms with Gasteiger partial charge in [-0.2, -0.15) is 0 Å². The van der Waals surface area contributed by atoms with Crippen LogP contribution in [-0.2, 0) is 6.54 Å². The maximum Gasteiger partial charge on any atom is 0.0364 e. The van der Waals surface area contributed by atoms with Gasteiger partial charge in [-0.3, -0.25) is 0 Å². The molecule has 1 aromatic rings. The van der Waals surface area contributed by atoms with Gasteiger partial charge in [-0.25, -0.2) is 0 Å². The minimum atomic E-state index is 0.613. The number of benzene rings is 1. The molecule has 1 rings (SSSR count). The summed E-state index contributed by atoms with van der Waals surface area (Å²) in [4.78, 5) is 4.44. The van der Waals surface area contributed by atoms with Gasteiger partial charge in [0.25, 0.3) is 0 Å². The highest BCUT2D eigenvalue weighted by Crippen LogP contribution is 2.13. The Bertz CT molecular complexity index is 279. The molecule has 0 bridgehead atoms. The Morgan fingerprint density at radius 3 is 2.07 bits per heavy atom. The zero-order chi connectivity index (χ0) is 11.3. The molecular weight excluding hydrogens is 186 g/mol. The summed E-state index contributed by atoms with van der Waals surface area (Å²) in [6.45, 7) is 2.71. The molecule has 0 aromatic heterocycles. The lowest BCUT2D eigenvalue weighted by molar-refractivity contribution is 0.416. The molecule has 0 heterocycles. The summed E-state index contributed by atoms with van der Waals surface area (Å²) >= 11 is 0. The lowest BCUT2D eigenvalue weighted by Crippen LogP contribution is -2.28. The first-order valence-corrected chi connectivity index (χ1v) is 5.28. The number of hydrogen-bond acceptors (Lipinski definition) is 3. The Hall–Kier alpha value is -1.06. The van der Waals surface area contributed by atoms with Crippen LogP contribution in [0.2, 0.25) is 0 Å². The van der Waals surface area contributed by atoms with Crippen molar-refractivity contribution in [2.45, 2.75) is 6.54 Å². The molecule has 1 aromatic carbocycles. The molecule has 0 saturated carbocycles. The fourth-order valence-electron chi connectivity index (χ4n) is 1.37. The molecule has 3 heteroatoms. The van der Waals surface area contributed by atoms with Crippen LogP contribution < -0.4 is 10.6 Å². The highest BCUT2D eigenvalue weighted by Gasteiger charge is 2.00. The van der Waals surface area contributed by atoms with E-state index < -0.39 is 0 Å². The minimum Gasteiger partial charge on any atom is -0.373 e. The fourth-order valence-corrected chi connectivity index (χ4v) is 1.37. The number of likely N-dealkylation sites (N-methyl/N-ethyl adjacent to an activating group) is 2. The molecule has 2 N–H and O–H groups in total. The molecule has 0 aliphatic heterocycles. The number of anilines is 1. The van der Waals surface area contributed by atoms with E-state index in [4.69, 9.17) is 5.73 Å². The van der Waals surface area contributed by atoms with Gasteiger partial charge in [0.1, 0.15) is 0 Å². The predicted molar refractivity (Wildman–Crippen MR) is 66.2 cm³/mol. The van der Waals surface area contributed by atoms with Crippen molar-refractivity contribution in [1.29, 1.82) is 0 Å². The van der Waals surface area contributed by atoms with E-state index in [1.54, 1.807) is 0 Å². The van der Waals surface area contributed by atoms with E-state index in [9.17, 15) is 0 Å². The first-order valence-electron chi connectivity index (χ1n) is 5.28. The average molecular weight is 207 g/mol. The smallest absolute Gasteiger partial charge is 0.0364 e. The van der Waals surface area contributed by atoms with E-state index in [0.29, 0.717) is 6.54 Å². The highest BCUT2D eigenvalue weighted by atomic mass is 15.1. The van der Waals surface area contributed by atoms with Crippen molar-refractivity contribution >= 4 is 5.69 Å². The average Bonchev–Trinajstić information content (AvgIpc) is 2.26. The van der Waals surface area contributed by atoms with Crippen LogP contribution in [0.4, 0.5) is 5.69 Å². The van der Waals surface area contributed by atoms with Gasteiger partial charge in [-0.15, -0.1) is 0 Å². The summed E-state index contributed by atoms with van der Waals surface area (Å²) in [5.41, 5.74) is 7.98. The van der Waals surface area contributed by atoms with Gasteiger partial charge in [-0.1, -0.05) is 12.1 Å². The molecule has 84 valence electrons. The largest absolute Gasteiger partial charge is 0.373 e. The molecule has 0 spiro atoms. The normalized spacial score (nSPS) is 10.7. The third kappa shape index (κ3) is 3.90. The van der Waals surface area contributed by atoms with Gasteiger partial charge in [0.2, 0.25) is 0 Å². The number of nitrogens with zero attached hydrogens (tertiary/aromatic N) is 2. The predicted octanol–water partition coefficient (Wildman–Crippen LogP) is 1.14. The summed E-state index contributed by atoms with van der Waals surface area (Å²) in [5.74, 6) is 0. The second-order valence-corrected chi connectivity index (χ2v) is 4.10. The standard InChI is InChI=1S/C12H21N3/c1-14(2)8-9-15(3)12-6-4-11(10-13)5-7-12/h4-7H,8-10,13H2,1-3H3. The molecule has 0 amide bonds. The zero-order valence-electron chi connectivity index (χ0n) is 9.90. The van der Waals surface area contributed by atoms with Crippen LogP contribution in [0.3, 0.4) is 0 Å². The fraction of sp³-hybridized carbons (Fsp3) is 0.500. The summed E-state index contributed by atoms with van der Waals surface area (Å²) < 4.78 is 0. The van der Waals surface area contributed by atoms with E-state index in [0.717, 1.165) is 13.1 Å². The maximum atomic E-state index is 5.55. The SMILES string of the molecule is CN(C)CCN(C)c1ccc(CN)cc1. The van der Waals surface area contributed by atoms with Crippen molar-refractivity contribution in [1.82, 2.24) is 4.90 Å². The quantitative estimate of drug-likeness (QED) is 0.786. The second kappa shape index (κ2) is 5.73. The van der Waals surface area contributed by atoms with Crippen molar-refractivity contribution in [3.05, 3.63) is 29.8 Å². The van der Waals surface area contributed by atoms with Gasteiger partial charge in [0, 0.05) is 32.4 Å². The number of hydrogen-bond donors (Lipinski definition) is 1. The van der Waals surface area contributed by atoms with Crippen molar-refractivity contribution in [2.24, 2.45) is 5.73 Å². The third-order valence-corrected chi connectivity index (χ3v) is 2.50. The van der Waals surface area contributed by atoms with Gasteiger partial charge < -0.3 is 15.5 Å². The van der Waals surface area contributed by atoms with Crippen molar-refractivity contribution in [2.75, 3.05) is 39.1 Å². The Balaban J connectivity index is 2.54. The summed E-state index contributed by atoms with van der Waals surface area (Å²) in [7, 11) is 6.29. The van der Waals surface area contributed by atoms with Crippen LogP contribution in [0.15, 0.2) is 24.3 Å². The molecule has 0 atom stereocenters. The molecule has 3 nitrogen and oxygen atoms in total. The first kappa shape index (κ1) is 12.0. The molecule has 0 saturated heterocycles. The maximum absolute atomic E-state index is 5.55. The van der Waals surface area contributed by atoms with Crippen LogP contribution >= 0.6 is 0 Å². The molecule has 0 aliphatic carbocycles. The van der Waals surface area contributed by atoms with E-state index in [-0.39, 0.29) is 0 Å². The Morgan fingerprint density at radius 2 is 1.60 bits per heavy atom. The molecule has 0 aliphatic rings. The van der Waals surface area contributed by atoms with Crippen LogP contribution in [-0.4, -0.2) is 39.1 Å². The van der Waals surface area contributed by atoms with Crippen molar-refractivity contribution < 1.29 is 0 Å². The lowest BCUT2D eigenvalue weighted by atomic mass is 10.2. The van der Waals surface area contributed by atoms with Crippen LogP contribution in [0.5, 0.6) is 0 Å². The second-order valence-electron chi connectivity index (χ2n) is 4.10. The highest BCUT2D eigenvalue weighted by molar-refractivity contribution is 5.46. The van der Waals surface area contributed by atoms with Gasteiger partial charge in [-0.05, 0) is 31.8 Å². The van der Waals surface area contributed by atoms with E-state index in [1.807, 2.05) is 0 Å². The number of rotatable bonds is 5. The zero-order valence-corrected chi connectivity index (χ0v) is 9.90. The van der Waals surface area contributed by atoms with Gasteiger partial charge in [0.15, 0.2) is 0 Å². The Labute approximate surface area is 92.5 Å². The van der Waals surface area contributed by atoms with Crippen LogP contribution in [0.1, 0.15) is 5.56 Å². The summed E-state index contributed by atoms with van der Waals surface area (Å²) in [6, 6.07) is 8.42. The Morgan fingerprint density at radius 1 is 1.00 bits per heavy atom. The minimum absolute atomic E-state index is 0.613. The van der Waals surface area contributed by atoms with Crippen LogP contribution in [0.25, 0.3) is 0 Å². The molecule has 0 radical (unpaired) electrons. The third-order valence-electron chi connectivity index (χ3n) is 2.50. The van der Waals surface area contributed by atoms with E-state index in [2.05, 4.69) is 55.2 Å². The van der Waals surface area contributed by atoms with Gasteiger partial charge >= 0.3 is 0 Å². The lowest BCUT2D eigenvalue weighted by Gasteiger charge is -2.21. The van der Waals surface area contributed by atoms with E-state index in [1.165, 1.54) is 11.3 Å². The van der Waals surface area contributed by atoms with E-state index >= 15 is 0 Å². The first-order chi connectivity index (χ1) is 7.13. The van der Waals surface area contributed by atoms with Crippen LogP contribution in [0, 0.1) is 0 Å². The topological polar surface area (TPSA) is 32.5 Å². The Kier molecular flexibility index (Phi) is 4.59. The van der Waals surface area contributed by atoms with Crippen molar-refractivity contribution in [3.63, 3.8) is 0 Å². The molecule has 15 heavy (non-hydrogen) atoms. The number of nitrogens with two attached hydrogens (primary N) is 1. The monoisotopic (exact) mass is 207 g/mol. The summed E-state index contributed by atoms with van der Waals surface area (Å²) in [6.07, 6.45) is 0.